The molecule has 0 bridgehead atoms. The summed E-state index contributed by atoms with van der Waals surface area (Å²) in [7, 11) is 1.74. The molecular formula is C13H22N4OS. The fourth-order valence-corrected chi connectivity index (χ4v) is 3.01. The second-order valence-electron chi connectivity index (χ2n) is 5.10. The first-order valence-electron chi connectivity index (χ1n) is 6.62. The number of nitrogens with zero attached hydrogens (tertiary/aromatic N) is 2. The third-order valence-electron chi connectivity index (χ3n) is 3.51. The largest absolute Gasteiger partial charge is 0.388 e. The van der Waals surface area contributed by atoms with Crippen LogP contribution in [0.25, 0.3) is 0 Å². The molecule has 0 amide bonds. The summed E-state index contributed by atoms with van der Waals surface area (Å²) in [5.41, 5.74) is 0.539. The molecule has 1 aromatic rings. The number of guanidine groups is 1. The molecule has 1 fully saturated rings. The van der Waals surface area contributed by atoms with Crippen molar-refractivity contribution in [2.75, 3.05) is 13.6 Å². The predicted octanol–water partition coefficient (Wildman–Crippen LogP) is 1.34. The summed E-state index contributed by atoms with van der Waals surface area (Å²) in [5.74, 6) is 0.728. The Morgan fingerprint density at radius 3 is 2.63 bits per heavy atom. The standard InChI is InChI=1S/C13H22N4OS/c1-9-11(19-10(2)17-9)7-15-12(14-3)16-8-13(18)5-4-6-13/h18H,4-8H2,1-3H3,(H2,14,15,16). The summed E-state index contributed by atoms with van der Waals surface area (Å²) in [4.78, 5) is 9.79. The van der Waals surface area contributed by atoms with E-state index in [0.29, 0.717) is 6.54 Å². The van der Waals surface area contributed by atoms with E-state index in [9.17, 15) is 5.11 Å². The molecule has 1 saturated carbocycles. The van der Waals surface area contributed by atoms with Gasteiger partial charge in [0.25, 0.3) is 0 Å². The highest BCUT2D eigenvalue weighted by Crippen LogP contribution is 2.30. The number of hydrogen-bond donors (Lipinski definition) is 3. The summed E-state index contributed by atoms with van der Waals surface area (Å²) in [6, 6.07) is 0. The van der Waals surface area contributed by atoms with Gasteiger partial charge in [-0.2, -0.15) is 0 Å². The zero-order valence-electron chi connectivity index (χ0n) is 11.8. The maximum absolute atomic E-state index is 10.0. The normalized spacial score (nSPS) is 18.0. The van der Waals surface area contributed by atoms with Crippen LogP contribution in [0.4, 0.5) is 0 Å². The first-order chi connectivity index (χ1) is 9.02. The van der Waals surface area contributed by atoms with E-state index in [2.05, 4.69) is 20.6 Å². The molecule has 0 unspecified atom stereocenters. The van der Waals surface area contributed by atoms with E-state index in [-0.39, 0.29) is 0 Å². The number of aliphatic hydroxyl groups is 1. The third kappa shape index (κ3) is 3.67. The number of nitrogens with one attached hydrogen (secondary N) is 2. The van der Waals surface area contributed by atoms with E-state index in [1.54, 1.807) is 18.4 Å². The molecule has 0 atom stereocenters. The lowest BCUT2D eigenvalue weighted by Crippen LogP contribution is -2.50. The van der Waals surface area contributed by atoms with Gasteiger partial charge in [0, 0.05) is 18.5 Å². The molecule has 6 heteroatoms. The van der Waals surface area contributed by atoms with E-state index in [1.165, 1.54) is 4.88 Å². The van der Waals surface area contributed by atoms with Crippen molar-refractivity contribution in [1.82, 2.24) is 15.6 Å². The van der Waals surface area contributed by atoms with E-state index in [0.717, 1.165) is 42.5 Å². The average molecular weight is 282 g/mol. The van der Waals surface area contributed by atoms with Crippen LogP contribution >= 0.6 is 11.3 Å². The van der Waals surface area contributed by atoms with Crippen LogP contribution in [0.15, 0.2) is 4.99 Å². The molecule has 0 radical (unpaired) electrons. The summed E-state index contributed by atoms with van der Waals surface area (Å²) in [5, 5.41) is 17.6. The van der Waals surface area contributed by atoms with Crippen molar-refractivity contribution in [1.29, 1.82) is 0 Å². The Kier molecular flexibility index (Phi) is 4.42. The topological polar surface area (TPSA) is 69.5 Å². The maximum Gasteiger partial charge on any atom is 0.191 e. The first-order valence-corrected chi connectivity index (χ1v) is 7.44. The predicted molar refractivity (Wildman–Crippen MR) is 78.6 cm³/mol. The summed E-state index contributed by atoms with van der Waals surface area (Å²) in [6.45, 7) is 5.32. The Morgan fingerprint density at radius 2 is 2.16 bits per heavy atom. The van der Waals surface area contributed by atoms with E-state index in [1.807, 2.05) is 13.8 Å². The fraction of sp³-hybridized carbons (Fsp3) is 0.692. The molecule has 0 aromatic carbocycles. The second-order valence-corrected chi connectivity index (χ2v) is 6.39. The smallest absolute Gasteiger partial charge is 0.191 e. The maximum atomic E-state index is 10.0. The van der Waals surface area contributed by atoms with Gasteiger partial charge in [-0.05, 0) is 33.1 Å². The molecule has 3 N–H and O–H groups in total. The SMILES string of the molecule is CN=C(NCc1sc(C)nc1C)NCC1(O)CCC1. The molecule has 5 nitrogen and oxygen atoms in total. The lowest BCUT2D eigenvalue weighted by molar-refractivity contribution is -0.0279. The quantitative estimate of drug-likeness (QED) is 0.576. The number of thiazole rings is 1. The highest BCUT2D eigenvalue weighted by atomic mass is 32.1. The van der Waals surface area contributed by atoms with Crippen LogP contribution in [0.3, 0.4) is 0 Å². The van der Waals surface area contributed by atoms with Crippen LogP contribution in [-0.2, 0) is 6.54 Å². The average Bonchev–Trinajstić information content (AvgIpc) is 2.66. The van der Waals surface area contributed by atoms with Gasteiger partial charge in [-0.15, -0.1) is 11.3 Å². The van der Waals surface area contributed by atoms with Crippen molar-refractivity contribution >= 4 is 17.3 Å². The Labute approximate surface area is 118 Å². The van der Waals surface area contributed by atoms with Crippen LogP contribution in [0.2, 0.25) is 0 Å². The molecule has 0 saturated heterocycles. The van der Waals surface area contributed by atoms with Crippen molar-refractivity contribution < 1.29 is 5.11 Å². The van der Waals surface area contributed by atoms with Crippen molar-refractivity contribution in [2.45, 2.75) is 45.3 Å². The molecule has 19 heavy (non-hydrogen) atoms. The van der Waals surface area contributed by atoms with Gasteiger partial charge < -0.3 is 15.7 Å². The zero-order chi connectivity index (χ0) is 13.9. The highest BCUT2D eigenvalue weighted by Gasteiger charge is 2.34. The summed E-state index contributed by atoms with van der Waals surface area (Å²) < 4.78 is 0. The van der Waals surface area contributed by atoms with E-state index < -0.39 is 5.60 Å². The molecule has 1 heterocycles. The zero-order valence-corrected chi connectivity index (χ0v) is 12.6. The van der Waals surface area contributed by atoms with Crippen LogP contribution < -0.4 is 10.6 Å². The Bertz CT molecular complexity index is 465. The molecule has 2 rings (SSSR count). The van der Waals surface area contributed by atoms with Crippen LogP contribution in [0, 0.1) is 13.8 Å². The number of aromatic nitrogens is 1. The summed E-state index contributed by atoms with van der Waals surface area (Å²) in [6.07, 6.45) is 2.87. The Hall–Kier alpha value is -1.14. The van der Waals surface area contributed by atoms with Gasteiger partial charge in [0.15, 0.2) is 5.96 Å². The first kappa shape index (κ1) is 14.3. The number of aliphatic imine (C=N–C) groups is 1. The van der Waals surface area contributed by atoms with E-state index in [4.69, 9.17) is 0 Å². The van der Waals surface area contributed by atoms with Gasteiger partial charge >= 0.3 is 0 Å². The molecule has 1 aromatic heterocycles. The number of rotatable bonds is 4. The Balaban J connectivity index is 1.81. The molecule has 1 aliphatic carbocycles. The minimum absolute atomic E-state index is 0.533. The van der Waals surface area contributed by atoms with Crippen molar-refractivity contribution in [2.24, 2.45) is 4.99 Å². The summed E-state index contributed by atoms with van der Waals surface area (Å²) >= 11 is 1.70. The van der Waals surface area contributed by atoms with Crippen LogP contribution in [-0.4, -0.2) is 35.2 Å². The monoisotopic (exact) mass is 282 g/mol. The molecule has 106 valence electrons. The molecule has 0 spiro atoms. The molecular weight excluding hydrogens is 260 g/mol. The Morgan fingerprint density at radius 1 is 1.42 bits per heavy atom. The lowest BCUT2D eigenvalue weighted by atomic mass is 9.80. The minimum atomic E-state index is -0.533. The van der Waals surface area contributed by atoms with Gasteiger partial charge in [-0.1, -0.05) is 0 Å². The van der Waals surface area contributed by atoms with Gasteiger partial charge in [0.05, 0.1) is 22.8 Å². The number of aryl methyl sites for hydroxylation is 2. The van der Waals surface area contributed by atoms with E-state index >= 15 is 0 Å². The van der Waals surface area contributed by atoms with Crippen LogP contribution in [0.1, 0.15) is 34.8 Å². The van der Waals surface area contributed by atoms with Crippen molar-refractivity contribution in [3.05, 3.63) is 15.6 Å². The minimum Gasteiger partial charge on any atom is -0.388 e. The third-order valence-corrected chi connectivity index (χ3v) is 4.58. The lowest BCUT2D eigenvalue weighted by Gasteiger charge is -2.36. The second kappa shape index (κ2) is 5.88. The van der Waals surface area contributed by atoms with Gasteiger partial charge in [0.2, 0.25) is 0 Å². The van der Waals surface area contributed by atoms with Gasteiger partial charge in [0.1, 0.15) is 0 Å². The van der Waals surface area contributed by atoms with Gasteiger partial charge in [-0.3, -0.25) is 4.99 Å². The molecule has 0 aliphatic heterocycles. The number of hydrogen-bond acceptors (Lipinski definition) is 4. The van der Waals surface area contributed by atoms with Crippen molar-refractivity contribution in [3.8, 4) is 0 Å². The van der Waals surface area contributed by atoms with Crippen molar-refractivity contribution in [3.63, 3.8) is 0 Å². The fourth-order valence-electron chi connectivity index (χ4n) is 2.13. The highest BCUT2D eigenvalue weighted by molar-refractivity contribution is 7.11. The molecule has 1 aliphatic rings. The van der Waals surface area contributed by atoms with Crippen LogP contribution in [0.5, 0.6) is 0 Å². The van der Waals surface area contributed by atoms with Gasteiger partial charge in [-0.25, -0.2) is 4.98 Å².